The van der Waals surface area contributed by atoms with Crippen LogP contribution in [0.1, 0.15) is 82.6 Å². The minimum Gasteiger partial charge on any atom is -0.375 e. The summed E-state index contributed by atoms with van der Waals surface area (Å²) in [5.41, 5.74) is 2.87. The molecule has 5 nitrogen and oxygen atoms in total. The van der Waals surface area contributed by atoms with Crippen LogP contribution in [0, 0.1) is 0 Å². The fraction of sp³-hybridized carbons (Fsp3) is 0.667. The van der Waals surface area contributed by atoms with Crippen molar-refractivity contribution in [1.82, 2.24) is 20.1 Å². The van der Waals surface area contributed by atoms with E-state index in [0.29, 0.717) is 6.04 Å². The van der Waals surface area contributed by atoms with Crippen LogP contribution in [-0.4, -0.2) is 33.5 Å². The van der Waals surface area contributed by atoms with E-state index in [2.05, 4.69) is 47.1 Å². The molecule has 2 fully saturated rings. The standard InChI is InChI=1S/C24H34N4O/c1-22(2)17-19(20-8-14-27-28(20)22)25-15-11-23(21-7-3-6-13-26-21)12-16-29-24(18-23)9-4-5-10-24/h3,6-8,13-14,19,25H,4-5,9-12,15-18H2,1-2H3/t19?,23-/m1/s1. The van der Waals surface area contributed by atoms with Crippen LogP contribution < -0.4 is 5.32 Å². The second-order valence-corrected chi connectivity index (χ2v) is 10.1. The zero-order valence-corrected chi connectivity index (χ0v) is 17.9. The van der Waals surface area contributed by atoms with Crippen molar-refractivity contribution in [3.63, 3.8) is 0 Å². The zero-order valence-electron chi connectivity index (χ0n) is 17.9. The third kappa shape index (κ3) is 3.42. The molecular weight excluding hydrogens is 360 g/mol. The van der Waals surface area contributed by atoms with E-state index >= 15 is 0 Å². The first kappa shape index (κ1) is 19.3. The van der Waals surface area contributed by atoms with Gasteiger partial charge in [-0.25, -0.2) is 0 Å². The minimum atomic E-state index is 0.0851. The van der Waals surface area contributed by atoms with Crippen molar-refractivity contribution in [3.05, 3.63) is 48.0 Å². The first-order valence-electron chi connectivity index (χ1n) is 11.4. The van der Waals surface area contributed by atoms with Crippen molar-refractivity contribution in [1.29, 1.82) is 0 Å². The van der Waals surface area contributed by atoms with Crippen molar-refractivity contribution < 1.29 is 4.74 Å². The van der Waals surface area contributed by atoms with Gasteiger partial charge in [0.1, 0.15) is 0 Å². The molecule has 0 bridgehead atoms. The van der Waals surface area contributed by atoms with Crippen molar-refractivity contribution in [2.75, 3.05) is 13.2 Å². The van der Waals surface area contributed by atoms with Gasteiger partial charge in [-0.15, -0.1) is 0 Å². The number of nitrogens with zero attached hydrogens (tertiary/aromatic N) is 3. The van der Waals surface area contributed by atoms with Crippen molar-refractivity contribution in [3.8, 4) is 0 Å². The molecule has 156 valence electrons. The van der Waals surface area contributed by atoms with Gasteiger partial charge in [-0.05, 0) is 77.1 Å². The third-order valence-corrected chi connectivity index (χ3v) is 7.67. The maximum atomic E-state index is 6.39. The Hall–Kier alpha value is -1.72. The Morgan fingerprint density at radius 1 is 1.14 bits per heavy atom. The summed E-state index contributed by atoms with van der Waals surface area (Å²) in [5.74, 6) is 0. The van der Waals surface area contributed by atoms with Crippen LogP contribution >= 0.6 is 0 Å². The van der Waals surface area contributed by atoms with E-state index in [1.807, 2.05) is 18.5 Å². The number of hydrogen-bond donors (Lipinski definition) is 1. The summed E-state index contributed by atoms with van der Waals surface area (Å²) < 4.78 is 8.58. The Balaban J connectivity index is 1.34. The van der Waals surface area contributed by atoms with Crippen molar-refractivity contribution in [2.24, 2.45) is 0 Å². The topological polar surface area (TPSA) is 52.0 Å². The summed E-state index contributed by atoms with van der Waals surface area (Å²) in [6, 6.07) is 8.97. The lowest BCUT2D eigenvalue weighted by Crippen LogP contribution is -2.47. The summed E-state index contributed by atoms with van der Waals surface area (Å²) in [7, 11) is 0. The van der Waals surface area contributed by atoms with Crippen molar-refractivity contribution >= 4 is 0 Å². The molecule has 2 atom stereocenters. The molecule has 5 rings (SSSR count). The number of nitrogens with one attached hydrogen (secondary N) is 1. The highest BCUT2D eigenvalue weighted by molar-refractivity contribution is 5.21. The highest BCUT2D eigenvalue weighted by Crippen LogP contribution is 2.49. The highest BCUT2D eigenvalue weighted by Gasteiger charge is 2.48. The van der Waals surface area contributed by atoms with Crippen LogP contribution in [0.5, 0.6) is 0 Å². The Bertz CT molecular complexity index is 840. The zero-order chi connectivity index (χ0) is 20.0. The van der Waals surface area contributed by atoms with Gasteiger partial charge in [-0.2, -0.15) is 5.10 Å². The molecule has 0 aromatic carbocycles. The quantitative estimate of drug-likeness (QED) is 0.811. The average Bonchev–Trinajstić information content (AvgIpc) is 3.42. The Kier molecular flexibility index (Phi) is 4.78. The molecular formula is C24H34N4O. The van der Waals surface area contributed by atoms with E-state index in [4.69, 9.17) is 9.72 Å². The number of aromatic nitrogens is 3. The normalized spacial score (nSPS) is 29.9. The van der Waals surface area contributed by atoms with Crippen LogP contribution in [0.25, 0.3) is 0 Å². The summed E-state index contributed by atoms with van der Waals surface area (Å²) in [4.78, 5) is 4.83. The minimum absolute atomic E-state index is 0.0851. The molecule has 4 heterocycles. The van der Waals surface area contributed by atoms with Crippen LogP contribution in [0.15, 0.2) is 36.7 Å². The summed E-state index contributed by atoms with van der Waals surface area (Å²) >= 11 is 0. The van der Waals surface area contributed by atoms with E-state index < -0.39 is 0 Å². The van der Waals surface area contributed by atoms with Crippen molar-refractivity contribution in [2.45, 2.75) is 87.8 Å². The Morgan fingerprint density at radius 3 is 2.79 bits per heavy atom. The van der Waals surface area contributed by atoms with E-state index in [-0.39, 0.29) is 16.6 Å². The summed E-state index contributed by atoms with van der Waals surface area (Å²) in [6.45, 7) is 6.42. The molecule has 3 aliphatic rings. The largest absolute Gasteiger partial charge is 0.375 e. The molecule has 1 aliphatic carbocycles. The molecule has 2 aromatic rings. The third-order valence-electron chi connectivity index (χ3n) is 7.67. The number of hydrogen-bond acceptors (Lipinski definition) is 4. The van der Waals surface area contributed by atoms with Gasteiger partial charge in [0.05, 0.1) is 22.9 Å². The smallest absolute Gasteiger partial charge is 0.0691 e. The number of rotatable bonds is 5. The molecule has 0 radical (unpaired) electrons. The number of ether oxygens (including phenoxy) is 1. The van der Waals surface area contributed by atoms with Gasteiger partial charge in [0.2, 0.25) is 0 Å². The molecule has 2 aliphatic heterocycles. The number of fused-ring (bicyclic) bond motifs is 1. The fourth-order valence-corrected chi connectivity index (χ4v) is 6.23. The lowest BCUT2D eigenvalue weighted by atomic mass is 9.68. The van der Waals surface area contributed by atoms with Gasteiger partial charge in [-0.1, -0.05) is 18.9 Å². The van der Waals surface area contributed by atoms with Gasteiger partial charge in [0.15, 0.2) is 0 Å². The lowest BCUT2D eigenvalue weighted by molar-refractivity contribution is -0.104. The Morgan fingerprint density at radius 2 is 2.00 bits per heavy atom. The maximum absolute atomic E-state index is 6.39. The lowest BCUT2D eigenvalue weighted by Gasteiger charge is -2.46. The molecule has 1 unspecified atom stereocenters. The van der Waals surface area contributed by atoms with Crippen LogP contribution in [0.2, 0.25) is 0 Å². The molecule has 1 saturated heterocycles. The van der Waals surface area contributed by atoms with E-state index in [0.717, 1.165) is 38.8 Å². The predicted molar refractivity (Wildman–Crippen MR) is 114 cm³/mol. The van der Waals surface area contributed by atoms with Gasteiger partial charge in [-0.3, -0.25) is 9.67 Å². The van der Waals surface area contributed by atoms with E-state index in [1.165, 1.54) is 37.1 Å². The van der Waals surface area contributed by atoms with Crippen LogP contribution in [0.4, 0.5) is 0 Å². The summed E-state index contributed by atoms with van der Waals surface area (Å²) in [6.07, 6.45) is 13.3. The fourth-order valence-electron chi connectivity index (χ4n) is 6.23. The average molecular weight is 395 g/mol. The summed E-state index contributed by atoms with van der Waals surface area (Å²) in [5, 5.41) is 8.43. The molecule has 0 amide bonds. The van der Waals surface area contributed by atoms with Crippen LogP contribution in [0.3, 0.4) is 0 Å². The monoisotopic (exact) mass is 394 g/mol. The number of pyridine rings is 1. The second-order valence-electron chi connectivity index (χ2n) is 10.1. The second kappa shape index (κ2) is 7.21. The van der Waals surface area contributed by atoms with Gasteiger partial charge < -0.3 is 10.1 Å². The maximum Gasteiger partial charge on any atom is 0.0691 e. The first-order valence-corrected chi connectivity index (χ1v) is 11.4. The molecule has 1 spiro atoms. The molecule has 1 saturated carbocycles. The van der Waals surface area contributed by atoms with E-state index in [1.54, 1.807) is 0 Å². The van der Waals surface area contributed by atoms with Gasteiger partial charge in [0.25, 0.3) is 0 Å². The molecule has 5 heteroatoms. The van der Waals surface area contributed by atoms with Crippen LogP contribution in [-0.2, 0) is 15.7 Å². The predicted octanol–water partition coefficient (Wildman–Crippen LogP) is 4.50. The molecule has 2 aromatic heterocycles. The van der Waals surface area contributed by atoms with Gasteiger partial charge >= 0.3 is 0 Å². The SMILES string of the molecule is CC1(C)CC(NCC[C@@]2(c3ccccn3)CCOC3(CCCC3)C2)c2ccnn21. The molecule has 1 N–H and O–H groups in total. The Labute approximate surface area is 174 Å². The molecule has 29 heavy (non-hydrogen) atoms. The van der Waals surface area contributed by atoms with E-state index in [9.17, 15) is 0 Å². The van der Waals surface area contributed by atoms with Gasteiger partial charge in [0, 0.05) is 30.1 Å². The first-order chi connectivity index (χ1) is 14.0. The highest BCUT2D eigenvalue weighted by atomic mass is 16.5.